The fraction of sp³-hybridized carbons (Fsp3) is 1.00. The highest BCUT2D eigenvalue weighted by atomic mass is 16.9. The summed E-state index contributed by atoms with van der Waals surface area (Å²) in [6.45, 7) is 5.83. The van der Waals surface area contributed by atoms with Gasteiger partial charge in [0.2, 0.25) is 0 Å². The molecule has 3 saturated heterocycles. The molecule has 2 N–H and O–H groups in total. The first-order valence-electron chi connectivity index (χ1n) is 5.82. The van der Waals surface area contributed by atoms with Crippen molar-refractivity contribution in [3.8, 4) is 0 Å². The van der Waals surface area contributed by atoms with E-state index in [1.165, 1.54) is 0 Å². The molecule has 0 aromatic heterocycles. The van der Waals surface area contributed by atoms with E-state index in [1.54, 1.807) is 7.05 Å². The molecule has 16 heavy (non-hydrogen) atoms. The van der Waals surface area contributed by atoms with Crippen LogP contribution in [-0.2, 0) is 14.2 Å². The first kappa shape index (κ1) is 12.3. The zero-order valence-electron chi connectivity index (χ0n) is 10.2. The van der Waals surface area contributed by atoms with Crippen LogP contribution in [0.5, 0.6) is 0 Å². The molecule has 0 aromatic carbocycles. The predicted molar refractivity (Wildman–Crippen MR) is 57.8 cm³/mol. The number of aliphatic hydroxyl groups is 1. The number of likely N-dealkylation sites (N-methyl/N-ethyl adjacent to an activating group) is 1. The van der Waals surface area contributed by atoms with Gasteiger partial charge in [-0.05, 0) is 13.5 Å². The summed E-state index contributed by atoms with van der Waals surface area (Å²) >= 11 is 0. The molecule has 3 fully saturated rings. The van der Waals surface area contributed by atoms with Crippen LogP contribution in [-0.4, -0.2) is 50.1 Å². The Morgan fingerprint density at radius 3 is 2.12 bits per heavy atom. The summed E-state index contributed by atoms with van der Waals surface area (Å²) in [5, 5.41) is 13.0. The number of rotatable bonds is 4. The van der Waals surface area contributed by atoms with Crippen molar-refractivity contribution >= 4 is 0 Å². The maximum Gasteiger partial charge on any atom is 0.301 e. The molecule has 5 heteroatoms. The molecule has 0 radical (unpaired) electrons. The van der Waals surface area contributed by atoms with E-state index < -0.39 is 12.1 Å². The number of fused-ring (bicyclic) bond motifs is 3. The van der Waals surface area contributed by atoms with E-state index in [-0.39, 0.29) is 11.5 Å². The van der Waals surface area contributed by atoms with Gasteiger partial charge >= 0.3 is 5.97 Å². The predicted octanol–water partition coefficient (Wildman–Crippen LogP) is 0.0824. The van der Waals surface area contributed by atoms with Crippen LogP contribution in [0.2, 0.25) is 0 Å². The standard InChI is InChI=1S/C11H21NO4/c1-4-8(13)9(12-3)11-14-5-10(2,6-15-11)7-16-11/h8-9,12-13H,4-7H2,1-3H3/t8-,9+,10?,11?/m1/s1. The van der Waals surface area contributed by atoms with E-state index in [1.807, 2.05) is 6.92 Å². The second-order valence-corrected chi connectivity index (χ2v) is 5.02. The molecule has 2 atom stereocenters. The molecule has 2 bridgehead atoms. The third kappa shape index (κ3) is 1.87. The number of hydrogen-bond donors (Lipinski definition) is 2. The molecular weight excluding hydrogens is 210 g/mol. The summed E-state index contributed by atoms with van der Waals surface area (Å²) in [5.41, 5.74) is -0.0444. The molecule has 0 aliphatic carbocycles. The van der Waals surface area contributed by atoms with Gasteiger partial charge in [0.25, 0.3) is 0 Å². The number of aliphatic hydroxyl groups excluding tert-OH is 1. The summed E-state index contributed by atoms with van der Waals surface area (Å²) in [6.07, 6.45) is 0.0769. The molecular formula is C11H21NO4. The number of nitrogens with one attached hydrogen (secondary N) is 1. The van der Waals surface area contributed by atoms with Crippen LogP contribution in [0.25, 0.3) is 0 Å². The molecule has 0 saturated carbocycles. The average Bonchev–Trinajstić information content (AvgIpc) is 2.31. The zero-order valence-corrected chi connectivity index (χ0v) is 10.2. The summed E-state index contributed by atoms with van der Waals surface area (Å²) in [4.78, 5) is 0. The lowest BCUT2D eigenvalue weighted by Crippen LogP contribution is -2.69. The van der Waals surface area contributed by atoms with Crippen LogP contribution in [0, 0.1) is 5.41 Å². The Morgan fingerprint density at radius 2 is 1.75 bits per heavy atom. The minimum Gasteiger partial charge on any atom is -0.391 e. The van der Waals surface area contributed by atoms with Gasteiger partial charge < -0.3 is 24.6 Å². The lowest BCUT2D eigenvalue weighted by atomic mass is 9.90. The molecule has 3 rings (SSSR count). The van der Waals surface area contributed by atoms with Gasteiger partial charge in [-0.25, -0.2) is 0 Å². The smallest absolute Gasteiger partial charge is 0.301 e. The normalized spacial score (nSPS) is 42.0. The second kappa shape index (κ2) is 4.23. The van der Waals surface area contributed by atoms with Gasteiger partial charge in [0.05, 0.1) is 25.9 Å². The minimum atomic E-state index is -1.11. The van der Waals surface area contributed by atoms with Crippen molar-refractivity contribution in [2.45, 2.75) is 38.4 Å². The summed E-state index contributed by atoms with van der Waals surface area (Å²) in [5.74, 6) is -1.11. The fourth-order valence-corrected chi connectivity index (χ4v) is 2.18. The number of hydrogen-bond acceptors (Lipinski definition) is 5. The van der Waals surface area contributed by atoms with Crippen molar-refractivity contribution in [1.29, 1.82) is 0 Å². The Kier molecular flexibility index (Phi) is 3.25. The summed E-state index contributed by atoms with van der Waals surface area (Å²) in [7, 11) is 1.77. The molecule has 3 aliphatic heterocycles. The quantitative estimate of drug-likeness (QED) is 0.717. The van der Waals surface area contributed by atoms with Gasteiger partial charge in [0, 0.05) is 5.41 Å². The Labute approximate surface area is 96.1 Å². The van der Waals surface area contributed by atoms with Crippen molar-refractivity contribution < 1.29 is 19.3 Å². The lowest BCUT2D eigenvalue weighted by molar-refractivity contribution is -0.478. The van der Waals surface area contributed by atoms with Gasteiger partial charge in [0.1, 0.15) is 6.04 Å². The van der Waals surface area contributed by atoms with Gasteiger partial charge in [0.15, 0.2) is 0 Å². The van der Waals surface area contributed by atoms with Crippen molar-refractivity contribution in [1.82, 2.24) is 5.32 Å². The maximum absolute atomic E-state index is 9.95. The molecule has 5 nitrogen and oxygen atoms in total. The van der Waals surface area contributed by atoms with Crippen LogP contribution in [0.4, 0.5) is 0 Å². The minimum absolute atomic E-state index is 0.0444. The van der Waals surface area contributed by atoms with Crippen molar-refractivity contribution in [2.24, 2.45) is 5.41 Å². The molecule has 3 heterocycles. The highest BCUT2D eigenvalue weighted by Crippen LogP contribution is 2.40. The molecule has 0 spiro atoms. The topological polar surface area (TPSA) is 60.0 Å². The van der Waals surface area contributed by atoms with E-state index in [9.17, 15) is 5.11 Å². The largest absolute Gasteiger partial charge is 0.391 e. The zero-order chi connectivity index (χ0) is 11.8. The van der Waals surface area contributed by atoms with Crippen LogP contribution in [0.15, 0.2) is 0 Å². The van der Waals surface area contributed by atoms with E-state index in [4.69, 9.17) is 14.2 Å². The van der Waals surface area contributed by atoms with Gasteiger partial charge in [-0.1, -0.05) is 13.8 Å². The fourth-order valence-electron chi connectivity index (χ4n) is 2.18. The van der Waals surface area contributed by atoms with Crippen LogP contribution in [0.1, 0.15) is 20.3 Å². The van der Waals surface area contributed by atoms with E-state index in [0.29, 0.717) is 26.2 Å². The van der Waals surface area contributed by atoms with Crippen molar-refractivity contribution in [2.75, 3.05) is 26.9 Å². The molecule has 3 aliphatic rings. The van der Waals surface area contributed by atoms with Gasteiger partial charge in [-0.2, -0.15) is 0 Å². The molecule has 0 aromatic rings. The van der Waals surface area contributed by atoms with E-state index in [0.717, 1.165) is 0 Å². The summed E-state index contributed by atoms with van der Waals surface area (Å²) < 4.78 is 17.0. The summed E-state index contributed by atoms with van der Waals surface area (Å²) in [6, 6.07) is -0.359. The first-order chi connectivity index (χ1) is 7.55. The van der Waals surface area contributed by atoms with E-state index in [2.05, 4.69) is 12.2 Å². The molecule has 0 amide bonds. The lowest BCUT2D eigenvalue weighted by Gasteiger charge is -2.53. The van der Waals surface area contributed by atoms with Crippen LogP contribution < -0.4 is 5.32 Å². The van der Waals surface area contributed by atoms with Crippen LogP contribution >= 0.6 is 0 Å². The second-order valence-electron chi connectivity index (χ2n) is 5.02. The SMILES string of the molecule is CC[C@@H](O)[C@H](NC)C12OCC(C)(CO1)CO2. The van der Waals surface area contributed by atoms with Crippen molar-refractivity contribution in [3.63, 3.8) is 0 Å². The Morgan fingerprint density at radius 1 is 1.25 bits per heavy atom. The maximum atomic E-state index is 9.95. The third-order valence-electron chi connectivity index (χ3n) is 3.36. The Hall–Kier alpha value is -0.200. The number of ether oxygens (including phenoxy) is 3. The molecule has 94 valence electrons. The van der Waals surface area contributed by atoms with Gasteiger partial charge in [-0.15, -0.1) is 0 Å². The third-order valence-corrected chi connectivity index (χ3v) is 3.36. The van der Waals surface area contributed by atoms with Crippen molar-refractivity contribution in [3.05, 3.63) is 0 Å². The van der Waals surface area contributed by atoms with E-state index >= 15 is 0 Å². The Bertz CT molecular complexity index is 234. The highest BCUT2D eigenvalue weighted by Gasteiger charge is 2.56. The highest BCUT2D eigenvalue weighted by molar-refractivity contribution is 4.93. The Balaban J connectivity index is 2.13. The monoisotopic (exact) mass is 231 g/mol. The average molecular weight is 231 g/mol. The first-order valence-corrected chi connectivity index (χ1v) is 5.82. The molecule has 0 unspecified atom stereocenters. The van der Waals surface area contributed by atoms with Crippen LogP contribution in [0.3, 0.4) is 0 Å². The van der Waals surface area contributed by atoms with Gasteiger partial charge in [-0.3, -0.25) is 0 Å².